The van der Waals surface area contributed by atoms with Crippen LogP contribution >= 0.6 is 15.9 Å². The minimum atomic E-state index is -0.300. The second-order valence-corrected chi connectivity index (χ2v) is 5.03. The predicted octanol–water partition coefficient (Wildman–Crippen LogP) is 3.12. The zero-order valence-electron chi connectivity index (χ0n) is 8.26. The molecule has 0 aliphatic rings. The van der Waals surface area contributed by atoms with Crippen LogP contribution in [0.3, 0.4) is 0 Å². The average Bonchev–Trinajstić information content (AvgIpc) is 2.45. The van der Waals surface area contributed by atoms with Gasteiger partial charge in [-0.15, -0.1) is 0 Å². The highest BCUT2D eigenvalue weighted by Crippen LogP contribution is 2.28. The number of nitrogens with one attached hydrogen (secondary N) is 1. The summed E-state index contributed by atoms with van der Waals surface area (Å²) in [6.45, 7) is 4.02. The number of aromatic amines is 1. The third-order valence-electron chi connectivity index (χ3n) is 2.34. The third-order valence-corrected chi connectivity index (χ3v) is 2.83. The first-order valence-electron chi connectivity index (χ1n) is 4.54. The van der Waals surface area contributed by atoms with Crippen LogP contribution in [0, 0.1) is 0 Å². The molecule has 3 N–H and O–H groups in total. The molecule has 0 aliphatic carbocycles. The molecule has 0 unspecified atom stereocenters. The fourth-order valence-corrected chi connectivity index (χ4v) is 1.99. The Balaban J connectivity index is 2.70. The van der Waals surface area contributed by atoms with Gasteiger partial charge in [-0.05, 0) is 31.5 Å². The van der Waals surface area contributed by atoms with Crippen LogP contribution in [0.2, 0.25) is 0 Å². The van der Waals surface area contributed by atoms with Crippen molar-refractivity contribution in [2.24, 2.45) is 5.73 Å². The summed E-state index contributed by atoms with van der Waals surface area (Å²) in [6, 6.07) is 6.18. The minimum Gasteiger partial charge on any atom is -0.361 e. The van der Waals surface area contributed by atoms with Gasteiger partial charge in [-0.2, -0.15) is 0 Å². The van der Waals surface area contributed by atoms with Crippen molar-refractivity contribution in [1.29, 1.82) is 0 Å². The monoisotopic (exact) mass is 252 g/mol. The van der Waals surface area contributed by atoms with Gasteiger partial charge < -0.3 is 10.7 Å². The van der Waals surface area contributed by atoms with Crippen LogP contribution in [0.4, 0.5) is 0 Å². The number of hydrogen-bond acceptors (Lipinski definition) is 1. The molecule has 2 rings (SSSR count). The molecule has 0 radical (unpaired) electrons. The van der Waals surface area contributed by atoms with Gasteiger partial charge >= 0.3 is 0 Å². The van der Waals surface area contributed by atoms with Gasteiger partial charge in [0.2, 0.25) is 0 Å². The van der Waals surface area contributed by atoms with Crippen molar-refractivity contribution < 1.29 is 0 Å². The second kappa shape index (κ2) is 3.11. The molecule has 74 valence electrons. The van der Waals surface area contributed by atoms with E-state index in [1.54, 1.807) is 0 Å². The van der Waals surface area contributed by atoms with E-state index in [0.717, 1.165) is 15.6 Å². The van der Waals surface area contributed by atoms with E-state index in [1.807, 2.05) is 26.1 Å². The molecule has 0 atom stereocenters. The number of H-pyrrole nitrogens is 1. The van der Waals surface area contributed by atoms with E-state index < -0.39 is 0 Å². The summed E-state index contributed by atoms with van der Waals surface area (Å²) in [6.07, 6.45) is 1.98. The molecule has 0 bridgehead atoms. The molecule has 1 aromatic carbocycles. The first kappa shape index (κ1) is 9.74. The molecule has 2 aromatic rings. The van der Waals surface area contributed by atoms with E-state index in [0.29, 0.717) is 0 Å². The number of fused-ring (bicyclic) bond motifs is 1. The summed E-state index contributed by atoms with van der Waals surface area (Å²) >= 11 is 3.44. The molecule has 0 saturated carbocycles. The van der Waals surface area contributed by atoms with Crippen LogP contribution in [-0.4, -0.2) is 4.98 Å². The van der Waals surface area contributed by atoms with Crippen LogP contribution in [-0.2, 0) is 5.54 Å². The fraction of sp³-hybridized carbons (Fsp3) is 0.273. The van der Waals surface area contributed by atoms with E-state index in [4.69, 9.17) is 5.73 Å². The lowest BCUT2D eigenvalue weighted by Gasteiger charge is -2.17. The summed E-state index contributed by atoms with van der Waals surface area (Å²) < 4.78 is 1.08. The van der Waals surface area contributed by atoms with Gasteiger partial charge in [0.15, 0.2) is 0 Å². The first-order chi connectivity index (χ1) is 6.48. The van der Waals surface area contributed by atoms with Gasteiger partial charge in [-0.25, -0.2) is 0 Å². The van der Waals surface area contributed by atoms with Crippen molar-refractivity contribution in [3.8, 4) is 0 Å². The Morgan fingerprint density at radius 1 is 1.36 bits per heavy atom. The average molecular weight is 253 g/mol. The maximum Gasteiger partial charge on any atom is 0.0468 e. The quantitative estimate of drug-likeness (QED) is 0.805. The summed E-state index contributed by atoms with van der Waals surface area (Å²) in [7, 11) is 0. The molecule has 0 spiro atoms. The van der Waals surface area contributed by atoms with Crippen LogP contribution < -0.4 is 5.73 Å². The highest BCUT2D eigenvalue weighted by Gasteiger charge is 2.18. The molecular weight excluding hydrogens is 240 g/mol. The van der Waals surface area contributed by atoms with Crippen molar-refractivity contribution in [3.63, 3.8) is 0 Å². The highest BCUT2D eigenvalue weighted by atomic mass is 79.9. The Kier molecular flexibility index (Phi) is 2.16. The number of nitrogens with two attached hydrogens (primary N) is 1. The zero-order valence-corrected chi connectivity index (χ0v) is 9.85. The fourth-order valence-electron chi connectivity index (χ4n) is 1.63. The molecule has 3 heteroatoms. The Morgan fingerprint density at radius 2 is 2.07 bits per heavy atom. The van der Waals surface area contributed by atoms with E-state index in [1.165, 1.54) is 5.39 Å². The maximum absolute atomic E-state index is 6.07. The van der Waals surface area contributed by atoms with Crippen LogP contribution in [0.25, 0.3) is 10.9 Å². The third kappa shape index (κ3) is 1.57. The second-order valence-electron chi connectivity index (χ2n) is 4.11. The van der Waals surface area contributed by atoms with Gasteiger partial charge in [-0.1, -0.05) is 22.0 Å². The topological polar surface area (TPSA) is 41.8 Å². The largest absolute Gasteiger partial charge is 0.361 e. The van der Waals surface area contributed by atoms with Gasteiger partial charge in [-0.3, -0.25) is 0 Å². The molecule has 1 aromatic heterocycles. The predicted molar refractivity (Wildman–Crippen MR) is 63.2 cm³/mol. The Hall–Kier alpha value is -0.800. The lowest BCUT2D eigenvalue weighted by atomic mass is 9.95. The van der Waals surface area contributed by atoms with Crippen molar-refractivity contribution in [1.82, 2.24) is 4.98 Å². The Labute approximate surface area is 91.6 Å². The number of aromatic nitrogens is 1. The highest BCUT2D eigenvalue weighted by molar-refractivity contribution is 9.10. The summed E-state index contributed by atoms with van der Waals surface area (Å²) in [5.41, 5.74) is 8.05. The van der Waals surface area contributed by atoms with E-state index in [2.05, 4.69) is 33.0 Å². The lowest BCUT2D eigenvalue weighted by Crippen LogP contribution is -2.28. The van der Waals surface area contributed by atoms with Crippen molar-refractivity contribution in [3.05, 3.63) is 34.4 Å². The minimum absolute atomic E-state index is 0.300. The van der Waals surface area contributed by atoms with Crippen molar-refractivity contribution in [2.45, 2.75) is 19.4 Å². The lowest BCUT2D eigenvalue weighted by molar-refractivity contribution is 0.559. The smallest absolute Gasteiger partial charge is 0.0468 e. The Bertz CT molecular complexity index is 466. The van der Waals surface area contributed by atoms with Crippen LogP contribution in [0.5, 0.6) is 0 Å². The molecule has 2 nitrogen and oxygen atoms in total. The molecular formula is C11H13BrN2. The molecule has 0 aliphatic heterocycles. The zero-order chi connectivity index (χ0) is 10.3. The number of hydrogen-bond donors (Lipinski definition) is 2. The van der Waals surface area contributed by atoms with Crippen LogP contribution in [0.1, 0.15) is 19.4 Å². The van der Waals surface area contributed by atoms with E-state index >= 15 is 0 Å². The molecule has 0 fully saturated rings. The van der Waals surface area contributed by atoms with Gasteiger partial charge in [0.1, 0.15) is 0 Å². The molecule has 14 heavy (non-hydrogen) atoms. The maximum atomic E-state index is 6.07. The van der Waals surface area contributed by atoms with E-state index in [-0.39, 0.29) is 5.54 Å². The molecule has 1 heterocycles. The van der Waals surface area contributed by atoms with Crippen molar-refractivity contribution in [2.75, 3.05) is 0 Å². The molecule has 0 saturated heterocycles. The standard InChI is InChI=1S/C11H13BrN2/c1-11(2,13)9-6-14-10-5-7(12)3-4-8(9)10/h3-6,14H,13H2,1-2H3. The Morgan fingerprint density at radius 3 is 2.71 bits per heavy atom. The first-order valence-corrected chi connectivity index (χ1v) is 5.34. The normalized spacial score (nSPS) is 12.3. The van der Waals surface area contributed by atoms with Gasteiger partial charge in [0, 0.05) is 27.1 Å². The van der Waals surface area contributed by atoms with Crippen molar-refractivity contribution >= 4 is 26.8 Å². The van der Waals surface area contributed by atoms with E-state index in [9.17, 15) is 0 Å². The summed E-state index contributed by atoms with van der Waals surface area (Å²) in [4.78, 5) is 3.23. The molecule has 0 amide bonds. The number of benzene rings is 1. The summed E-state index contributed by atoms with van der Waals surface area (Å²) in [5, 5.41) is 1.20. The van der Waals surface area contributed by atoms with Gasteiger partial charge in [0.25, 0.3) is 0 Å². The van der Waals surface area contributed by atoms with Gasteiger partial charge in [0.05, 0.1) is 0 Å². The number of halogens is 1. The van der Waals surface area contributed by atoms with Crippen LogP contribution in [0.15, 0.2) is 28.9 Å². The SMILES string of the molecule is CC(C)(N)c1c[nH]c2cc(Br)ccc12. The summed E-state index contributed by atoms with van der Waals surface area (Å²) in [5.74, 6) is 0. The number of rotatable bonds is 1.